The van der Waals surface area contributed by atoms with Gasteiger partial charge >= 0.3 is 0 Å². The van der Waals surface area contributed by atoms with Crippen LogP contribution >= 0.6 is 0 Å². The van der Waals surface area contributed by atoms with E-state index < -0.39 is 30.7 Å². The van der Waals surface area contributed by atoms with Crippen molar-refractivity contribution in [1.29, 1.82) is 0 Å². The Labute approximate surface area is 159 Å². The van der Waals surface area contributed by atoms with E-state index in [0.717, 1.165) is 11.1 Å². The van der Waals surface area contributed by atoms with Gasteiger partial charge in [-0.3, -0.25) is 0 Å². The summed E-state index contributed by atoms with van der Waals surface area (Å²) in [5, 5.41) is 20.2. The molecule has 0 aromatic heterocycles. The number of aliphatic hydroxyl groups excluding tert-OH is 2. The zero-order valence-electron chi connectivity index (χ0n) is 15.3. The minimum absolute atomic E-state index is 0.206. The molecule has 0 unspecified atom stereocenters. The standard InChI is InChI=1S/C21H26O6/c1-24-20-18(22)21(23)27-17(14-25-12-15-8-4-2-5-9-15)19(20)26-13-16-10-6-3-7-11-16/h2-11,17-23H,12-14H2,1H3/t17-,18+,19-,20-,21+/m1/s1. The van der Waals surface area contributed by atoms with Crippen LogP contribution in [-0.2, 0) is 32.2 Å². The Morgan fingerprint density at radius 2 is 1.44 bits per heavy atom. The molecule has 1 saturated heterocycles. The van der Waals surface area contributed by atoms with Crippen LogP contribution in [0.5, 0.6) is 0 Å². The fourth-order valence-corrected chi connectivity index (χ4v) is 3.15. The Morgan fingerprint density at radius 3 is 2.04 bits per heavy atom. The van der Waals surface area contributed by atoms with Crippen molar-refractivity contribution >= 4 is 0 Å². The molecule has 146 valence electrons. The van der Waals surface area contributed by atoms with E-state index in [9.17, 15) is 10.2 Å². The van der Waals surface area contributed by atoms with Gasteiger partial charge in [-0.2, -0.15) is 0 Å². The van der Waals surface area contributed by atoms with E-state index in [4.69, 9.17) is 18.9 Å². The number of aliphatic hydroxyl groups is 2. The maximum absolute atomic E-state index is 10.2. The molecule has 1 heterocycles. The van der Waals surface area contributed by atoms with Gasteiger partial charge in [-0.25, -0.2) is 0 Å². The van der Waals surface area contributed by atoms with E-state index in [-0.39, 0.29) is 6.61 Å². The number of rotatable bonds is 8. The molecule has 3 rings (SSSR count). The van der Waals surface area contributed by atoms with Crippen molar-refractivity contribution in [2.75, 3.05) is 13.7 Å². The highest BCUT2D eigenvalue weighted by molar-refractivity contribution is 5.14. The Bertz CT molecular complexity index is 665. The van der Waals surface area contributed by atoms with Gasteiger partial charge in [0, 0.05) is 7.11 Å². The van der Waals surface area contributed by atoms with Gasteiger partial charge in [0.25, 0.3) is 0 Å². The summed E-state index contributed by atoms with van der Waals surface area (Å²) in [4.78, 5) is 0. The summed E-state index contributed by atoms with van der Waals surface area (Å²) >= 11 is 0. The Balaban J connectivity index is 1.63. The predicted octanol–water partition coefficient (Wildman–Crippen LogP) is 1.88. The predicted molar refractivity (Wildman–Crippen MR) is 98.8 cm³/mol. The fraction of sp³-hybridized carbons (Fsp3) is 0.429. The molecule has 0 aliphatic carbocycles. The first-order valence-electron chi connectivity index (χ1n) is 9.00. The van der Waals surface area contributed by atoms with Crippen molar-refractivity contribution in [2.24, 2.45) is 0 Å². The Hall–Kier alpha value is -1.80. The average Bonchev–Trinajstić information content (AvgIpc) is 2.71. The van der Waals surface area contributed by atoms with Crippen LogP contribution in [0.2, 0.25) is 0 Å². The van der Waals surface area contributed by atoms with Crippen LogP contribution in [0, 0.1) is 0 Å². The van der Waals surface area contributed by atoms with Gasteiger partial charge in [-0.1, -0.05) is 60.7 Å². The Kier molecular flexibility index (Phi) is 7.34. The normalized spacial score (nSPS) is 28.2. The Morgan fingerprint density at radius 1 is 0.852 bits per heavy atom. The van der Waals surface area contributed by atoms with Crippen LogP contribution in [0.25, 0.3) is 0 Å². The second-order valence-corrected chi connectivity index (χ2v) is 6.52. The molecule has 2 aromatic carbocycles. The van der Waals surface area contributed by atoms with E-state index >= 15 is 0 Å². The zero-order chi connectivity index (χ0) is 19.1. The van der Waals surface area contributed by atoms with Crippen LogP contribution in [0.1, 0.15) is 11.1 Å². The minimum Gasteiger partial charge on any atom is -0.385 e. The van der Waals surface area contributed by atoms with E-state index in [2.05, 4.69) is 0 Å². The summed E-state index contributed by atoms with van der Waals surface area (Å²) in [5.41, 5.74) is 2.04. The van der Waals surface area contributed by atoms with E-state index in [1.54, 1.807) is 0 Å². The number of hydrogen-bond donors (Lipinski definition) is 2. The topological polar surface area (TPSA) is 77.4 Å². The molecule has 6 nitrogen and oxygen atoms in total. The lowest BCUT2D eigenvalue weighted by atomic mass is 9.98. The summed E-state index contributed by atoms with van der Waals surface area (Å²) in [6.07, 6.45) is -4.41. The molecule has 5 atom stereocenters. The van der Waals surface area contributed by atoms with Crippen LogP contribution in [0.15, 0.2) is 60.7 Å². The molecular weight excluding hydrogens is 348 g/mol. The van der Waals surface area contributed by atoms with Crippen molar-refractivity contribution in [3.63, 3.8) is 0 Å². The van der Waals surface area contributed by atoms with Crippen LogP contribution in [0.3, 0.4) is 0 Å². The smallest absolute Gasteiger partial charge is 0.184 e. The molecule has 0 amide bonds. The lowest BCUT2D eigenvalue weighted by Crippen LogP contribution is -2.60. The minimum atomic E-state index is -1.35. The first-order chi connectivity index (χ1) is 13.2. The van der Waals surface area contributed by atoms with Gasteiger partial charge in [0.1, 0.15) is 24.4 Å². The molecule has 1 aliphatic heterocycles. The summed E-state index contributed by atoms with van der Waals surface area (Å²) < 4.78 is 22.7. The highest BCUT2D eigenvalue weighted by Gasteiger charge is 2.45. The molecule has 6 heteroatoms. The summed E-state index contributed by atoms with van der Waals surface area (Å²) in [7, 11) is 1.48. The van der Waals surface area contributed by atoms with Crippen LogP contribution in [-0.4, -0.2) is 54.6 Å². The lowest BCUT2D eigenvalue weighted by Gasteiger charge is -2.42. The summed E-state index contributed by atoms with van der Waals surface area (Å²) in [6, 6.07) is 19.5. The van der Waals surface area contributed by atoms with Gasteiger partial charge < -0.3 is 29.2 Å². The molecule has 2 aromatic rings. The lowest BCUT2D eigenvalue weighted by molar-refractivity contribution is -0.302. The monoisotopic (exact) mass is 374 g/mol. The number of hydrogen-bond acceptors (Lipinski definition) is 6. The third kappa shape index (κ3) is 5.35. The molecule has 2 N–H and O–H groups in total. The maximum atomic E-state index is 10.2. The molecule has 0 spiro atoms. The van der Waals surface area contributed by atoms with E-state index in [0.29, 0.717) is 13.2 Å². The van der Waals surface area contributed by atoms with Gasteiger partial charge in [-0.15, -0.1) is 0 Å². The first kappa shape index (κ1) is 19.9. The largest absolute Gasteiger partial charge is 0.385 e. The summed E-state index contributed by atoms with van der Waals surface area (Å²) in [5.74, 6) is 0. The number of methoxy groups -OCH3 is 1. The SMILES string of the molecule is CO[C@@H]1[C@H](O)[C@@H](O)O[C@H](COCc2ccccc2)[C@H]1OCc1ccccc1. The van der Waals surface area contributed by atoms with Crippen molar-refractivity contribution in [3.05, 3.63) is 71.8 Å². The van der Waals surface area contributed by atoms with Crippen molar-refractivity contribution < 1.29 is 29.2 Å². The van der Waals surface area contributed by atoms with Gasteiger partial charge in [0.15, 0.2) is 6.29 Å². The number of ether oxygens (including phenoxy) is 4. The van der Waals surface area contributed by atoms with Crippen molar-refractivity contribution in [2.45, 2.75) is 43.9 Å². The van der Waals surface area contributed by atoms with Crippen LogP contribution in [0.4, 0.5) is 0 Å². The summed E-state index contributed by atoms with van der Waals surface area (Å²) in [6.45, 7) is 0.965. The van der Waals surface area contributed by atoms with Crippen LogP contribution < -0.4 is 0 Å². The van der Waals surface area contributed by atoms with Gasteiger partial charge in [0.05, 0.1) is 19.8 Å². The second-order valence-electron chi connectivity index (χ2n) is 6.52. The first-order valence-corrected chi connectivity index (χ1v) is 9.00. The average molecular weight is 374 g/mol. The molecule has 1 fully saturated rings. The van der Waals surface area contributed by atoms with Crippen molar-refractivity contribution in [1.82, 2.24) is 0 Å². The molecule has 0 radical (unpaired) electrons. The quantitative estimate of drug-likeness (QED) is 0.735. The molecule has 0 bridgehead atoms. The molecule has 1 aliphatic rings. The fourth-order valence-electron chi connectivity index (χ4n) is 3.15. The third-order valence-electron chi connectivity index (χ3n) is 4.58. The highest BCUT2D eigenvalue weighted by atomic mass is 16.7. The second kappa shape index (κ2) is 9.94. The molecule has 0 saturated carbocycles. The zero-order valence-corrected chi connectivity index (χ0v) is 15.3. The van der Waals surface area contributed by atoms with E-state index in [1.165, 1.54) is 7.11 Å². The van der Waals surface area contributed by atoms with Crippen molar-refractivity contribution in [3.8, 4) is 0 Å². The van der Waals surface area contributed by atoms with E-state index in [1.807, 2.05) is 60.7 Å². The molecular formula is C21H26O6. The third-order valence-corrected chi connectivity index (χ3v) is 4.58. The van der Waals surface area contributed by atoms with Gasteiger partial charge in [0.2, 0.25) is 0 Å². The molecule has 27 heavy (non-hydrogen) atoms. The highest BCUT2D eigenvalue weighted by Crippen LogP contribution is 2.26. The maximum Gasteiger partial charge on any atom is 0.184 e. The number of benzene rings is 2. The van der Waals surface area contributed by atoms with Gasteiger partial charge in [-0.05, 0) is 11.1 Å².